The molecule has 1 aliphatic carbocycles. The molecule has 130 valence electrons. The SMILES string of the molecule is Cc1cccc(CS(=O)(=O)c2nc(C)c(C)n2C2CCCCC2)c1. The van der Waals surface area contributed by atoms with Crippen molar-refractivity contribution in [3.8, 4) is 0 Å². The Morgan fingerprint density at radius 3 is 2.50 bits per heavy atom. The van der Waals surface area contributed by atoms with Gasteiger partial charge in [0.05, 0.1) is 11.4 Å². The van der Waals surface area contributed by atoms with E-state index in [1.807, 2.05) is 49.6 Å². The molecule has 1 saturated carbocycles. The Bertz CT molecular complexity index is 831. The zero-order chi connectivity index (χ0) is 17.3. The third kappa shape index (κ3) is 3.41. The molecule has 5 heteroatoms. The third-order valence-electron chi connectivity index (χ3n) is 5.01. The van der Waals surface area contributed by atoms with Gasteiger partial charge in [0.25, 0.3) is 0 Å². The van der Waals surface area contributed by atoms with Crippen LogP contribution in [0.15, 0.2) is 29.4 Å². The van der Waals surface area contributed by atoms with Crippen molar-refractivity contribution in [3.05, 3.63) is 46.8 Å². The highest BCUT2D eigenvalue weighted by Crippen LogP contribution is 2.33. The molecular weight excluding hydrogens is 320 g/mol. The second kappa shape index (κ2) is 6.71. The van der Waals surface area contributed by atoms with E-state index in [0.29, 0.717) is 0 Å². The molecule has 1 fully saturated rings. The zero-order valence-electron chi connectivity index (χ0n) is 14.7. The number of sulfone groups is 1. The molecule has 1 aromatic carbocycles. The first-order chi connectivity index (χ1) is 11.4. The lowest BCUT2D eigenvalue weighted by Crippen LogP contribution is -2.20. The van der Waals surface area contributed by atoms with Crippen molar-refractivity contribution < 1.29 is 8.42 Å². The van der Waals surface area contributed by atoms with Gasteiger partial charge >= 0.3 is 0 Å². The van der Waals surface area contributed by atoms with Crippen LogP contribution in [-0.2, 0) is 15.6 Å². The van der Waals surface area contributed by atoms with E-state index >= 15 is 0 Å². The highest BCUT2D eigenvalue weighted by atomic mass is 32.2. The Hall–Kier alpha value is -1.62. The minimum absolute atomic E-state index is 0.0112. The molecule has 0 bridgehead atoms. The standard InChI is InChI=1S/C19H26N2O2S/c1-14-8-7-9-17(12-14)13-24(22,23)19-20-15(2)16(3)21(19)18-10-5-4-6-11-18/h7-9,12,18H,4-6,10-11,13H2,1-3H3. The summed E-state index contributed by atoms with van der Waals surface area (Å²) in [6, 6.07) is 7.96. The van der Waals surface area contributed by atoms with Gasteiger partial charge in [0, 0.05) is 11.7 Å². The summed E-state index contributed by atoms with van der Waals surface area (Å²) < 4.78 is 28.1. The van der Waals surface area contributed by atoms with E-state index in [0.717, 1.165) is 35.4 Å². The quantitative estimate of drug-likeness (QED) is 0.830. The monoisotopic (exact) mass is 346 g/mol. The maximum Gasteiger partial charge on any atom is 0.228 e. The van der Waals surface area contributed by atoms with Gasteiger partial charge in [0.1, 0.15) is 0 Å². The number of hydrogen-bond acceptors (Lipinski definition) is 3. The number of hydrogen-bond donors (Lipinski definition) is 0. The Labute approximate surface area is 144 Å². The van der Waals surface area contributed by atoms with Crippen LogP contribution in [0.1, 0.15) is 60.7 Å². The molecule has 0 unspecified atom stereocenters. The lowest BCUT2D eigenvalue weighted by atomic mass is 9.95. The summed E-state index contributed by atoms with van der Waals surface area (Å²) in [5.41, 5.74) is 3.71. The van der Waals surface area contributed by atoms with Gasteiger partial charge in [-0.25, -0.2) is 13.4 Å². The first kappa shape index (κ1) is 17.2. The number of benzene rings is 1. The summed E-state index contributed by atoms with van der Waals surface area (Å²) in [5.74, 6) is 0.0112. The summed E-state index contributed by atoms with van der Waals surface area (Å²) in [4.78, 5) is 4.45. The van der Waals surface area contributed by atoms with Crippen LogP contribution < -0.4 is 0 Å². The predicted octanol–water partition coefficient (Wildman–Crippen LogP) is 4.29. The molecule has 0 saturated heterocycles. The smallest absolute Gasteiger partial charge is 0.228 e. The van der Waals surface area contributed by atoms with Gasteiger partial charge in [-0.3, -0.25) is 0 Å². The Kier molecular flexibility index (Phi) is 4.81. The predicted molar refractivity (Wildman–Crippen MR) is 95.9 cm³/mol. The van der Waals surface area contributed by atoms with Crippen LogP contribution in [-0.4, -0.2) is 18.0 Å². The van der Waals surface area contributed by atoms with Gasteiger partial charge in [-0.1, -0.05) is 49.1 Å². The molecule has 3 rings (SSSR count). The molecule has 0 spiro atoms. The van der Waals surface area contributed by atoms with Crippen LogP contribution in [0, 0.1) is 20.8 Å². The molecule has 0 radical (unpaired) electrons. The van der Waals surface area contributed by atoms with Crippen LogP contribution in [0.25, 0.3) is 0 Å². The topological polar surface area (TPSA) is 52.0 Å². The van der Waals surface area contributed by atoms with Crippen molar-refractivity contribution in [1.29, 1.82) is 0 Å². The summed E-state index contributed by atoms with van der Waals surface area (Å²) in [6.07, 6.45) is 5.67. The number of imidazole rings is 1. The third-order valence-corrected chi connectivity index (χ3v) is 6.57. The van der Waals surface area contributed by atoms with E-state index in [9.17, 15) is 8.42 Å². The van der Waals surface area contributed by atoms with Gasteiger partial charge in [-0.05, 0) is 39.2 Å². The lowest BCUT2D eigenvalue weighted by Gasteiger charge is -2.26. The van der Waals surface area contributed by atoms with Crippen molar-refractivity contribution in [2.24, 2.45) is 0 Å². The van der Waals surface area contributed by atoms with Gasteiger partial charge < -0.3 is 4.57 Å². The molecule has 0 N–H and O–H groups in total. The van der Waals surface area contributed by atoms with Crippen LogP contribution in [0.3, 0.4) is 0 Å². The van der Waals surface area contributed by atoms with Gasteiger partial charge in [0.15, 0.2) is 0 Å². The number of aromatic nitrogens is 2. The second-order valence-corrected chi connectivity index (χ2v) is 8.86. The average Bonchev–Trinajstić information content (AvgIpc) is 2.84. The Morgan fingerprint density at radius 1 is 1.12 bits per heavy atom. The summed E-state index contributed by atoms with van der Waals surface area (Å²) in [7, 11) is -3.46. The van der Waals surface area contributed by atoms with Crippen molar-refractivity contribution in [2.75, 3.05) is 0 Å². The molecule has 0 amide bonds. The van der Waals surface area contributed by atoms with E-state index in [1.165, 1.54) is 19.3 Å². The van der Waals surface area contributed by atoms with Crippen molar-refractivity contribution in [1.82, 2.24) is 9.55 Å². The molecule has 0 aliphatic heterocycles. The van der Waals surface area contributed by atoms with Gasteiger partial charge in [-0.2, -0.15) is 0 Å². The van der Waals surface area contributed by atoms with Crippen LogP contribution >= 0.6 is 0 Å². The van der Waals surface area contributed by atoms with Crippen LogP contribution in [0.5, 0.6) is 0 Å². The Balaban J connectivity index is 1.99. The minimum atomic E-state index is -3.46. The van der Waals surface area contributed by atoms with Gasteiger partial charge in [0.2, 0.25) is 15.0 Å². The second-order valence-electron chi connectivity index (χ2n) is 6.98. The molecule has 1 aromatic heterocycles. The zero-order valence-corrected chi connectivity index (χ0v) is 15.6. The maximum absolute atomic E-state index is 13.1. The normalized spacial score (nSPS) is 16.5. The summed E-state index contributed by atoms with van der Waals surface area (Å²) in [6.45, 7) is 5.87. The molecular formula is C19H26N2O2S. The van der Waals surface area contributed by atoms with Crippen LogP contribution in [0.4, 0.5) is 0 Å². The van der Waals surface area contributed by atoms with E-state index in [-0.39, 0.29) is 17.0 Å². The van der Waals surface area contributed by atoms with E-state index in [1.54, 1.807) is 0 Å². The fourth-order valence-electron chi connectivity index (χ4n) is 3.67. The Morgan fingerprint density at radius 2 is 1.83 bits per heavy atom. The number of aryl methyl sites for hydroxylation is 2. The maximum atomic E-state index is 13.1. The van der Waals surface area contributed by atoms with E-state index < -0.39 is 9.84 Å². The molecule has 1 heterocycles. The lowest BCUT2D eigenvalue weighted by molar-refractivity contribution is 0.329. The molecule has 4 nitrogen and oxygen atoms in total. The fourth-order valence-corrected chi connectivity index (χ4v) is 5.28. The van der Waals surface area contributed by atoms with Crippen molar-refractivity contribution in [2.45, 2.75) is 69.8 Å². The highest BCUT2D eigenvalue weighted by molar-refractivity contribution is 7.90. The number of nitrogens with zero attached hydrogens (tertiary/aromatic N) is 2. The van der Waals surface area contributed by atoms with Crippen molar-refractivity contribution >= 4 is 9.84 Å². The van der Waals surface area contributed by atoms with E-state index in [2.05, 4.69) is 4.98 Å². The largest absolute Gasteiger partial charge is 0.316 e. The number of rotatable bonds is 4. The first-order valence-electron chi connectivity index (χ1n) is 8.72. The average molecular weight is 346 g/mol. The van der Waals surface area contributed by atoms with Crippen LogP contribution in [0.2, 0.25) is 0 Å². The first-order valence-corrected chi connectivity index (χ1v) is 10.4. The summed E-state index contributed by atoms with van der Waals surface area (Å²) in [5, 5.41) is 0.255. The summed E-state index contributed by atoms with van der Waals surface area (Å²) >= 11 is 0. The minimum Gasteiger partial charge on any atom is -0.316 e. The van der Waals surface area contributed by atoms with Gasteiger partial charge in [-0.15, -0.1) is 0 Å². The van der Waals surface area contributed by atoms with Crippen molar-refractivity contribution in [3.63, 3.8) is 0 Å². The molecule has 2 aromatic rings. The molecule has 0 atom stereocenters. The molecule has 24 heavy (non-hydrogen) atoms. The molecule has 1 aliphatic rings. The fraction of sp³-hybridized carbons (Fsp3) is 0.526. The van der Waals surface area contributed by atoms with E-state index in [4.69, 9.17) is 0 Å². The highest BCUT2D eigenvalue weighted by Gasteiger charge is 2.29.